The molecule has 0 aromatic heterocycles. The van der Waals surface area contributed by atoms with Gasteiger partial charge in [0, 0.05) is 6.54 Å². The molecule has 2 nitrogen and oxygen atoms in total. The van der Waals surface area contributed by atoms with Crippen molar-refractivity contribution in [2.75, 3.05) is 6.54 Å². The summed E-state index contributed by atoms with van der Waals surface area (Å²) in [5.41, 5.74) is 2.43. The molecular weight excluding hydrogens is 123 g/mol. The minimum absolute atomic E-state index is 0. The molecule has 0 aliphatic heterocycles. The SMILES string of the molecule is CCNN.Cl.Cl. The third-order valence-corrected chi connectivity index (χ3v) is 0.204. The molecule has 0 spiro atoms. The zero-order valence-electron chi connectivity index (χ0n) is 3.60. The Morgan fingerprint density at radius 3 is 1.67 bits per heavy atom. The zero-order chi connectivity index (χ0) is 3.41. The van der Waals surface area contributed by atoms with E-state index in [9.17, 15) is 0 Å². The van der Waals surface area contributed by atoms with Crippen LogP contribution in [-0.2, 0) is 0 Å². The summed E-state index contributed by atoms with van der Waals surface area (Å²) in [6.07, 6.45) is 0. The van der Waals surface area contributed by atoms with Crippen molar-refractivity contribution < 1.29 is 0 Å². The Kier molecular flexibility index (Phi) is 47.7. The number of halogens is 2. The van der Waals surface area contributed by atoms with Crippen molar-refractivity contribution in [3.8, 4) is 0 Å². The number of hydrogen-bond donors (Lipinski definition) is 2. The van der Waals surface area contributed by atoms with Crippen molar-refractivity contribution in [3.05, 3.63) is 0 Å². The van der Waals surface area contributed by atoms with E-state index >= 15 is 0 Å². The number of nitrogens with one attached hydrogen (secondary N) is 1. The van der Waals surface area contributed by atoms with Gasteiger partial charge in [-0.2, -0.15) is 0 Å². The van der Waals surface area contributed by atoms with E-state index in [2.05, 4.69) is 5.43 Å². The highest BCUT2D eigenvalue weighted by molar-refractivity contribution is 5.85. The molecule has 0 amide bonds. The van der Waals surface area contributed by atoms with E-state index in [0.29, 0.717) is 0 Å². The summed E-state index contributed by atoms with van der Waals surface area (Å²) >= 11 is 0. The predicted octanol–water partition coefficient (Wildman–Crippen LogP) is 0.313. The van der Waals surface area contributed by atoms with E-state index in [1.54, 1.807) is 0 Å². The van der Waals surface area contributed by atoms with E-state index in [1.807, 2.05) is 6.92 Å². The van der Waals surface area contributed by atoms with Gasteiger partial charge in [0.2, 0.25) is 0 Å². The van der Waals surface area contributed by atoms with Gasteiger partial charge in [-0.15, -0.1) is 24.8 Å². The summed E-state index contributed by atoms with van der Waals surface area (Å²) in [7, 11) is 0. The van der Waals surface area contributed by atoms with Crippen molar-refractivity contribution in [1.82, 2.24) is 5.43 Å². The van der Waals surface area contributed by atoms with Crippen LogP contribution in [0.15, 0.2) is 0 Å². The van der Waals surface area contributed by atoms with Gasteiger partial charge in [-0.05, 0) is 0 Å². The van der Waals surface area contributed by atoms with Crippen LogP contribution >= 0.6 is 24.8 Å². The lowest BCUT2D eigenvalue weighted by Gasteiger charge is -1.77. The fourth-order valence-corrected chi connectivity index (χ4v) is 0. The maximum Gasteiger partial charge on any atom is 0.00689 e. The molecule has 0 fully saturated rings. The molecule has 0 rings (SSSR count). The van der Waals surface area contributed by atoms with E-state index in [1.165, 1.54) is 0 Å². The van der Waals surface area contributed by atoms with Crippen LogP contribution in [0.1, 0.15) is 6.92 Å². The molecule has 0 saturated carbocycles. The molecule has 6 heavy (non-hydrogen) atoms. The first-order valence-electron chi connectivity index (χ1n) is 1.35. The molecule has 42 valence electrons. The third kappa shape index (κ3) is 24.5. The maximum absolute atomic E-state index is 4.78. The fraction of sp³-hybridized carbons (Fsp3) is 1.00. The van der Waals surface area contributed by atoms with Gasteiger partial charge in [-0.1, -0.05) is 6.92 Å². The molecule has 0 aromatic carbocycles. The van der Waals surface area contributed by atoms with Crippen LogP contribution in [-0.4, -0.2) is 6.54 Å². The number of hydrazine groups is 1. The molecule has 0 radical (unpaired) electrons. The van der Waals surface area contributed by atoms with Crippen molar-refractivity contribution in [1.29, 1.82) is 0 Å². The van der Waals surface area contributed by atoms with Gasteiger partial charge in [0.1, 0.15) is 0 Å². The van der Waals surface area contributed by atoms with Gasteiger partial charge in [-0.3, -0.25) is 11.3 Å². The van der Waals surface area contributed by atoms with E-state index < -0.39 is 0 Å². The lowest BCUT2D eigenvalue weighted by atomic mass is 10.8. The maximum atomic E-state index is 4.78. The van der Waals surface area contributed by atoms with E-state index in [4.69, 9.17) is 5.84 Å². The van der Waals surface area contributed by atoms with Crippen molar-refractivity contribution in [2.24, 2.45) is 5.84 Å². The molecule has 0 aliphatic carbocycles. The van der Waals surface area contributed by atoms with Crippen LogP contribution in [0.5, 0.6) is 0 Å². The van der Waals surface area contributed by atoms with E-state index in [-0.39, 0.29) is 24.8 Å². The van der Waals surface area contributed by atoms with Crippen molar-refractivity contribution in [3.63, 3.8) is 0 Å². The molecule has 0 atom stereocenters. The van der Waals surface area contributed by atoms with Crippen LogP contribution in [0.4, 0.5) is 0 Å². The van der Waals surface area contributed by atoms with Gasteiger partial charge < -0.3 is 0 Å². The molecule has 0 bridgehead atoms. The van der Waals surface area contributed by atoms with Crippen molar-refractivity contribution >= 4 is 24.8 Å². The topological polar surface area (TPSA) is 38.0 Å². The van der Waals surface area contributed by atoms with Crippen LogP contribution in [0.2, 0.25) is 0 Å². The van der Waals surface area contributed by atoms with Gasteiger partial charge in [0.15, 0.2) is 0 Å². The van der Waals surface area contributed by atoms with Gasteiger partial charge in [-0.25, -0.2) is 0 Å². The van der Waals surface area contributed by atoms with E-state index in [0.717, 1.165) is 6.54 Å². The Labute approximate surface area is 50.3 Å². The van der Waals surface area contributed by atoms with Crippen LogP contribution < -0.4 is 11.3 Å². The summed E-state index contributed by atoms with van der Waals surface area (Å²) in [5, 5.41) is 0. The van der Waals surface area contributed by atoms with Gasteiger partial charge in [0.05, 0.1) is 0 Å². The molecule has 4 heteroatoms. The Morgan fingerprint density at radius 1 is 1.50 bits per heavy atom. The minimum Gasteiger partial charge on any atom is -0.271 e. The second-order valence-electron chi connectivity index (χ2n) is 0.558. The van der Waals surface area contributed by atoms with Gasteiger partial charge >= 0.3 is 0 Å². The molecule has 0 heterocycles. The second-order valence-corrected chi connectivity index (χ2v) is 0.558. The first-order valence-corrected chi connectivity index (χ1v) is 1.35. The first kappa shape index (κ1) is 16.1. The molecule has 0 aromatic rings. The van der Waals surface area contributed by atoms with Crippen LogP contribution in [0.3, 0.4) is 0 Å². The molecule has 3 N–H and O–H groups in total. The Morgan fingerprint density at radius 2 is 1.67 bits per heavy atom. The average molecular weight is 133 g/mol. The lowest BCUT2D eigenvalue weighted by Crippen LogP contribution is -2.20. The zero-order valence-corrected chi connectivity index (χ0v) is 5.23. The normalized spacial score (nSPS) is 5.00. The quantitative estimate of drug-likeness (QED) is 0.399. The first-order chi connectivity index (χ1) is 1.91. The highest BCUT2D eigenvalue weighted by Crippen LogP contribution is 1.30. The molecular formula is C2H10Cl2N2. The highest BCUT2D eigenvalue weighted by Gasteiger charge is 1.50. The molecule has 0 unspecified atom stereocenters. The second kappa shape index (κ2) is 17.8. The van der Waals surface area contributed by atoms with Crippen LogP contribution in [0.25, 0.3) is 0 Å². The standard InChI is InChI=1S/C2H8N2.2ClH/c1-2-4-3;;/h4H,2-3H2,1H3;2*1H. The minimum atomic E-state index is 0. The van der Waals surface area contributed by atoms with Gasteiger partial charge in [0.25, 0.3) is 0 Å². The highest BCUT2D eigenvalue weighted by atomic mass is 35.5. The monoisotopic (exact) mass is 132 g/mol. The number of hydrogen-bond acceptors (Lipinski definition) is 2. The number of nitrogens with two attached hydrogens (primary N) is 1. The summed E-state index contributed by atoms with van der Waals surface area (Å²) in [5.74, 6) is 4.78. The summed E-state index contributed by atoms with van der Waals surface area (Å²) in [4.78, 5) is 0. The van der Waals surface area contributed by atoms with Crippen LogP contribution in [0, 0.1) is 0 Å². The molecule has 0 saturated heterocycles. The summed E-state index contributed by atoms with van der Waals surface area (Å²) in [6, 6.07) is 0. The van der Waals surface area contributed by atoms with Crippen molar-refractivity contribution in [2.45, 2.75) is 6.92 Å². The fourth-order valence-electron chi connectivity index (χ4n) is 0. The smallest absolute Gasteiger partial charge is 0.00689 e. The largest absolute Gasteiger partial charge is 0.271 e. The summed E-state index contributed by atoms with van der Waals surface area (Å²) < 4.78 is 0. The summed E-state index contributed by atoms with van der Waals surface area (Å²) in [6.45, 7) is 2.79. The number of rotatable bonds is 1. The Bertz CT molecular complexity index is 11.5. The average Bonchev–Trinajstić information content (AvgIpc) is 1.37. The lowest BCUT2D eigenvalue weighted by molar-refractivity contribution is 0.781. The molecule has 0 aliphatic rings. The Balaban J connectivity index is -0.0000000450. The Hall–Kier alpha value is 0.500. The predicted molar refractivity (Wildman–Crippen MR) is 32.4 cm³/mol. The third-order valence-electron chi connectivity index (χ3n) is 0.204.